The summed E-state index contributed by atoms with van der Waals surface area (Å²) >= 11 is 1.46. The quantitative estimate of drug-likeness (QED) is 0.158. The molecule has 0 heterocycles. The van der Waals surface area contributed by atoms with E-state index in [2.05, 4.69) is 165 Å². The predicted octanol–water partition coefficient (Wildman–Crippen LogP) is 7.50. The van der Waals surface area contributed by atoms with Gasteiger partial charge in [-0.15, -0.1) is 24.8 Å². The van der Waals surface area contributed by atoms with E-state index in [4.69, 9.17) is 0 Å². The number of fused-ring (bicyclic) bond motifs is 2. The van der Waals surface area contributed by atoms with Gasteiger partial charge < -0.3 is 24.8 Å². The number of benzene rings is 2. The molecular weight excluding hydrogens is 913 g/mol. The molecule has 0 spiro atoms. The van der Waals surface area contributed by atoms with Crippen molar-refractivity contribution in [3.8, 4) is 0 Å². The van der Waals surface area contributed by atoms with E-state index in [1.54, 1.807) is 22.3 Å². The van der Waals surface area contributed by atoms with Gasteiger partial charge in [0.2, 0.25) is 0 Å². The maximum Gasteiger partial charge on any atom is 4.00 e. The minimum absolute atomic E-state index is 0. The minimum Gasteiger partial charge on any atom is -0.210 e. The molecule has 0 aromatic heterocycles. The summed E-state index contributed by atoms with van der Waals surface area (Å²) in [6.45, 7) is 17.4. The van der Waals surface area contributed by atoms with Crippen LogP contribution in [-0.4, -0.2) is 3.21 Å². The van der Waals surface area contributed by atoms with Crippen LogP contribution >= 0.6 is 24.8 Å². The molecule has 2 aliphatic rings. The normalized spacial score (nSPS) is 11.5. The van der Waals surface area contributed by atoms with Crippen LogP contribution in [0.15, 0.2) is 109 Å². The Hall–Kier alpha value is -1.36. The van der Waals surface area contributed by atoms with Gasteiger partial charge in [0.25, 0.3) is 0 Å². The van der Waals surface area contributed by atoms with Crippen LogP contribution in [0.5, 0.6) is 0 Å². The van der Waals surface area contributed by atoms with Crippen molar-refractivity contribution in [1.29, 1.82) is 0 Å². The number of halogens is 4. The van der Waals surface area contributed by atoms with Crippen LogP contribution in [0.25, 0.3) is 0 Å². The van der Waals surface area contributed by atoms with E-state index in [-0.39, 0.29) is 75.8 Å². The molecule has 6 aromatic carbocycles. The Morgan fingerprint density at radius 1 is 0.527 bits per heavy atom. The van der Waals surface area contributed by atoms with E-state index < -0.39 is 0 Å². The van der Waals surface area contributed by atoms with Gasteiger partial charge in [0.05, 0.1) is 0 Å². The summed E-state index contributed by atoms with van der Waals surface area (Å²) in [5.74, 6) is 0. The van der Waals surface area contributed by atoms with E-state index in [1.165, 1.54) is 134 Å². The van der Waals surface area contributed by atoms with Crippen molar-refractivity contribution < 1.29 is 75.3 Å². The van der Waals surface area contributed by atoms with Crippen molar-refractivity contribution in [3.05, 3.63) is 187 Å². The van der Waals surface area contributed by atoms with E-state index >= 15 is 0 Å². The smallest absolute Gasteiger partial charge is 0.210 e. The maximum absolute atomic E-state index is 2.26. The first kappa shape index (κ1) is 55.7. The van der Waals surface area contributed by atoms with Crippen LogP contribution in [0, 0.1) is 55.4 Å². The SMILES string of the molecule is Cc1c[c-](C)c(C)c1C.Cc1c[c-](C)c(C)c1C.Cl.Cl.[Cl-].[Cl-].[Zr+2]=[C](c1ccccc1)c1ccccc1.[Zr+4].c1cc2c([cH-]1)CCCC2.c1cc2c([cH-]1)CCCC2. The van der Waals surface area contributed by atoms with E-state index in [1.807, 2.05) is 0 Å². The molecule has 0 aliphatic heterocycles. The topological polar surface area (TPSA) is 0 Å². The summed E-state index contributed by atoms with van der Waals surface area (Å²) in [5.41, 5.74) is 20.5. The molecule has 0 fully saturated rings. The molecule has 0 bridgehead atoms. The Labute approximate surface area is 393 Å². The molecule has 0 saturated carbocycles. The molecule has 292 valence electrons. The Morgan fingerprint density at radius 2 is 0.855 bits per heavy atom. The van der Waals surface area contributed by atoms with Crippen molar-refractivity contribution in [3.63, 3.8) is 0 Å². The van der Waals surface area contributed by atoms with E-state index in [0.717, 1.165) is 0 Å². The molecule has 0 radical (unpaired) electrons. The molecular formula is C49H60Cl4Zr2. The summed E-state index contributed by atoms with van der Waals surface area (Å²) in [6, 6.07) is 39.0. The number of rotatable bonds is 2. The minimum atomic E-state index is 0. The molecule has 6 heteroatoms. The Kier molecular flexibility index (Phi) is 29.3. The zero-order valence-corrected chi connectivity index (χ0v) is 42.2. The van der Waals surface area contributed by atoms with Crippen LogP contribution in [0.4, 0.5) is 0 Å². The van der Waals surface area contributed by atoms with Gasteiger partial charge in [-0.1, -0.05) is 107 Å². The van der Waals surface area contributed by atoms with E-state index in [0.29, 0.717) is 0 Å². The predicted molar refractivity (Wildman–Crippen MR) is 230 cm³/mol. The molecule has 2 aliphatic carbocycles. The van der Waals surface area contributed by atoms with Crippen molar-refractivity contribution in [1.82, 2.24) is 0 Å². The first-order valence-corrected chi connectivity index (χ1v) is 19.9. The molecule has 0 unspecified atom stereocenters. The van der Waals surface area contributed by atoms with Gasteiger partial charge in [0, 0.05) is 0 Å². The van der Waals surface area contributed by atoms with Crippen LogP contribution in [0.2, 0.25) is 0 Å². The first-order valence-electron chi connectivity index (χ1n) is 18.6. The maximum atomic E-state index is 2.26. The van der Waals surface area contributed by atoms with Crippen molar-refractivity contribution in [2.45, 2.75) is 107 Å². The molecule has 0 saturated heterocycles. The molecule has 0 N–H and O–H groups in total. The summed E-state index contributed by atoms with van der Waals surface area (Å²) in [5, 5.41) is 0. The standard InChI is InChI=1S/C13H10.2C9H11.2C9H13.4ClH.2Zr/c1-3-7-12(8-4-1)11-13-9-5-2-6-10-13;2*1-2-5-9-7-3-6-8(9)4-1;2*1-6-5-7(2)9(4)8(6)3;;;;;;/h1-10H;2*3,6-7H,1-2,4-5H2;2*5H,1-4H3;4*1H;;/q;4*-1;;;;;+2;+4/p-2. The average molecular weight is 973 g/mol. The second kappa shape index (κ2) is 28.9. The van der Waals surface area contributed by atoms with Gasteiger partial charge in [-0.25, -0.2) is 12.1 Å². The van der Waals surface area contributed by atoms with Crippen LogP contribution in [0.3, 0.4) is 0 Å². The van der Waals surface area contributed by atoms with Gasteiger partial charge >= 0.3 is 125 Å². The summed E-state index contributed by atoms with van der Waals surface area (Å²) in [4.78, 5) is 0. The molecule has 55 heavy (non-hydrogen) atoms. The van der Waals surface area contributed by atoms with Gasteiger partial charge in [-0.3, -0.25) is 0 Å². The molecule has 6 aromatic rings. The Balaban J connectivity index is 0. The summed E-state index contributed by atoms with van der Waals surface area (Å²) < 4.78 is 1.42. The van der Waals surface area contributed by atoms with Crippen molar-refractivity contribution >= 4 is 28.0 Å². The zero-order valence-electron chi connectivity index (χ0n) is 34.1. The van der Waals surface area contributed by atoms with Crippen molar-refractivity contribution in [2.24, 2.45) is 0 Å². The van der Waals surface area contributed by atoms with Gasteiger partial charge in [-0.2, -0.15) is 103 Å². The van der Waals surface area contributed by atoms with Gasteiger partial charge in [-0.05, 0) is 0 Å². The fraction of sp³-hybridized carbons (Fsp3) is 0.327. The third kappa shape index (κ3) is 17.2. The second-order valence-electron chi connectivity index (χ2n) is 14.2. The fourth-order valence-electron chi connectivity index (χ4n) is 6.87. The van der Waals surface area contributed by atoms with Crippen LogP contribution in [0.1, 0.15) is 104 Å². The summed E-state index contributed by atoms with van der Waals surface area (Å²) in [6.07, 6.45) is 10.9. The van der Waals surface area contributed by atoms with Gasteiger partial charge in [0.1, 0.15) is 0 Å². The first-order chi connectivity index (χ1) is 24.1. The monoisotopic (exact) mass is 968 g/mol. The van der Waals surface area contributed by atoms with Crippen molar-refractivity contribution in [2.75, 3.05) is 0 Å². The largest absolute Gasteiger partial charge is 4.00 e. The van der Waals surface area contributed by atoms with E-state index in [9.17, 15) is 0 Å². The average Bonchev–Trinajstić information content (AvgIpc) is 3.93. The second-order valence-corrected chi connectivity index (χ2v) is 15.4. The fourth-order valence-corrected chi connectivity index (χ4v) is 7.69. The Morgan fingerprint density at radius 3 is 1.11 bits per heavy atom. The van der Waals surface area contributed by atoms with Crippen LogP contribution in [-0.2, 0) is 76.1 Å². The zero-order chi connectivity index (χ0) is 36.0. The molecule has 0 atom stereocenters. The van der Waals surface area contributed by atoms with Crippen LogP contribution < -0.4 is 24.8 Å². The summed E-state index contributed by atoms with van der Waals surface area (Å²) in [7, 11) is 0. The molecule has 0 nitrogen and oxygen atoms in total. The van der Waals surface area contributed by atoms with Gasteiger partial charge in [0.15, 0.2) is 0 Å². The molecule has 0 amide bonds. The number of aryl methyl sites for hydroxylation is 8. The Bertz CT molecular complexity index is 1680. The number of hydrogen-bond donors (Lipinski definition) is 0. The third-order valence-electron chi connectivity index (χ3n) is 10.8. The number of hydrogen-bond acceptors (Lipinski definition) is 0. The molecule has 8 rings (SSSR count). The third-order valence-corrected chi connectivity index (χ3v) is 12.2.